The molecule has 0 N–H and O–H groups in total. The maximum Gasteiger partial charge on any atom is -0.00137 e. The Balaban J connectivity index is 1.23. The van der Waals surface area contributed by atoms with Gasteiger partial charge in [0.05, 0.1) is 0 Å². The Morgan fingerprint density at radius 1 is 0.200 bits per heavy atom. The van der Waals surface area contributed by atoms with E-state index in [1.807, 2.05) is 0 Å². The summed E-state index contributed by atoms with van der Waals surface area (Å²) in [5.74, 6) is 0. The minimum Gasteiger partial charge on any atom is -0.0616 e. The van der Waals surface area contributed by atoms with Crippen molar-refractivity contribution in [1.29, 1.82) is 0 Å². The van der Waals surface area contributed by atoms with Gasteiger partial charge in [0.25, 0.3) is 0 Å². The molecule has 0 heterocycles. The third kappa shape index (κ3) is 3.82. The fraction of sp³-hybridized carbons (Fsp3) is 0. The molecule has 0 unspecified atom stereocenters. The van der Waals surface area contributed by atoms with Crippen LogP contribution in [0.1, 0.15) is 0 Å². The maximum atomic E-state index is 2.46. The number of hydrogen-bond acceptors (Lipinski definition) is 0. The molecule has 230 valence electrons. The van der Waals surface area contributed by atoms with Crippen LogP contribution in [0.3, 0.4) is 0 Å². The molecule has 0 fully saturated rings. The van der Waals surface area contributed by atoms with Gasteiger partial charge >= 0.3 is 0 Å². The molecule has 0 aliphatic carbocycles. The van der Waals surface area contributed by atoms with E-state index in [1.54, 1.807) is 0 Å². The van der Waals surface area contributed by atoms with Gasteiger partial charge < -0.3 is 0 Å². The van der Waals surface area contributed by atoms with Crippen molar-refractivity contribution in [3.8, 4) is 22.3 Å². The summed E-state index contributed by atoms with van der Waals surface area (Å²) in [5, 5.41) is 20.8. The van der Waals surface area contributed by atoms with Gasteiger partial charge in [-0.15, -0.1) is 0 Å². The second kappa shape index (κ2) is 10.5. The van der Waals surface area contributed by atoms with Crippen LogP contribution < -0.4 is 0 Å². The minimum atomic E-state index is 1.23. The lowest BCUT2D eigenvalue weighted by Gasteiger charge is -2.18. The second-order valence-electron chi connectivity index (χ2n) is 13.5. The summed E-state index contributed by atoms with van der Waals surface area (Å²) < 4.78 is 0. The van der Waals surface area contributed by atoms with Crippen LogP contribution in [0.15, 0.2) is 182 Å². The van der Waals surface area contributed by atoms with E-state index in [-0.39, 0.29) is 0 Å². The fourth-order valence-corrected chi connectivity index (χ4v) is 8.85. The van der Waals surface area contributed by atoms with Crippen molar-refractivity contribution in [2.24, 2.45) is 0 Å². The predicted molar refractivity (Wildman–Crippen MR) is 217 cm³/mol. The number of rotatable bonds is 2. The smallest absolute Gasteiger partial charge is 0.00137 e. The van der Waals surface area contributed by atoms with E-state index in [9.17, 15) is 0 Å². The summed E-state index contributed by atoms with van der Waals surface area (Å²) in [6, 6.07) is 67.6. The quantitative estimate of drug-likeness (QED) is 0.167. The molecule has 0 radical (unpaired) electrons. The maximum absolute atomic E-state index is 2.46. The third-order valence-electron chi connectivity index (χ3n) is 11.0. The summed E-state index contributed by atoms with van der Waals surface area (Å²) in [6.07, 6.45) is 0. The molecule has 0 amide bonds. The highest BCUT2D eigenvalue weighted by Gasteiger charge is 2.18. The molecule has 0 nitrogen and oxygen atoms in total. The Labute approximate surface area is 289 Å². The molecule has 0 aromatic heterocycles. The summed E-state index contributed by atoms with van der Waals surface area (Å²) in [5.41, 5.74) is 5.03. The molecular weight excluding hydrogens is 601 g/mol. The van der Waals surface area contributed by atoms with Crippen LogP contribution in [0.25, 0.3) is 108 Å². The van der Waals surface area contributed by atoms with Crippen LogP contribution in [0, 0.1) is 0 Å². The molecule has 0 aliphatic heterocycles. The number of benzene rings is 11. The Morgan fingerprint density at radius 2 is 0.580 bits per heavy atom. The summed E-state index contributed by atoms with van der Waals surface area (Å²) in [7, 11) is 0. The molecule has 0 heteroatoms. The number of fused-ring (bicyclic) bond motifs is 15. The van der Waals surface area contributed by atoms with E-state index in [4.69, 9.17) is 0 Å². The molecule has 0 saturated carbocycles. The average Bonchev–Trinajstić information content (AvgIpc) is 3.20. The lowest BCUT2D eigenvalue weighted by Crippen LogP contribution is -1.90. The Hall–Kier alpha value is -6.50. The predicted octanol–water partition coefficient (Wildman–Crippen LogP) is 14.2. The van der Waals surface area contributed by atoms with Crippen molar-refractivity contribution in [1.82, 2.24) is 0 Å². The van der Waals surface area contributed by atoms with Gasteiger partial charge in [0.1, 0.15) is 0 Å². The van der Waals surface area contributed by atoms with Gasteiger partial charge in [0.15, 0.2) is 0 Å². The van der Waals surface area contributed by atoms with E-state index in [2.05, 4.69) is 182 Å². The first-order valence-corrected chi connectivity index (χ1v) is 17.4. The van der Waals surface area contributed by atoms with Gasteiger partial charge in [-0.1, -0.05) is 170 Å². The molecule has 0 bridgehead atoms. The van der Waals surface area contributed by atoms with E-state index in [1.165, 1.54) is 108 Å². The van der Waals surface area contributed by atoms with Crippen molar-refractivity contribution in [3.63, 3.8) is 0 Å². The molecule has 0 spiro atoms. The molecule has 0 saturated heterocycles. The fourth-order valence-electron chi connectivity index (χ4n) is 8.85. The average molecular weight is 631 g/mol. The van der Waals surface area contributed by atoms with Crippen LogP contribution in [0.4, 0.5) is 0 Å². The topological polar surface area (TPSA) is 0 Å². The van der Waals surface area contributed by atoms with E-state index < -0.39 is 0 Å². The first kappa shape index (κ1) is 27.5. The molecule has 11 rings (SSSR count). The van der Waals surface area contributed by atoms with Crippen molar-refractivity contribution in [2.75, 3.05) is 0 Å². The molecule has 11 aromatic carbocycles. The zero-order chi connectivity index (χ0) is 32.8. The zero-order valence-corrected chi connectivity index (χ0v) is 27.3. The van der Waals surface area contributed by atoms with E-state index >= 15 is 0 Å². The monoisotopic (exact) mass is 630 g/mol. The Kier molecular flexibility index (Phi) is 5.76. The largest absolute Gasteiger partial charge is 0.0616 e. The molecular formula is C50H30. The van der Waals surface area contributed by atoms with Crippen LogP contribution >= 0.6 is 0 Å². The number of hydrogen-bond donors (Lipinski definition) is 0. The van der Waals surface area contributed by atoms with Gasteiger partial charge in [-0.2, -0.15) is 0 Å². The minimum absolute atomic E-state index is 1.23. The molecule has 11 aromatic rings. The summed E-state index contributed by atoms with van der Waals surface area (Å²) in [4.78, 5) is 0. The van der Waals surface area contributed by atoms with Gasteiger partial charge in [0.2, 0.25) is 0 Å². The van der Waals surface area contributed by atoms with E-state index in [0.29, 0.717) is 0 Å². The normalized spacial score (nSPS) is 12.0. The van der Waals surface area contributed by atoms with Crippen molar-refractivity contribution in [3.05, 3.63) is 182 Å². The SMILES string of the molecule is c1ccc2c(c1)cc(-c1ccc(-c3ccc4c5ccccc5c5c6ccccc6c6ccccc6c5c4c3)c3ccccc13)c1ccccc12. The van der Waals surface area contributed by atoms with Crippen LogP contribution in [0.2, 0.25) is 0 Å². The van der Waals surface area contributed by atoms with Crippen molar-refractivity contribution < 1.29 is 0 Å². The summed E-state index contributed by atoms with van der Waals surface area (Å²) >= 11 is 0. The highest BCUT2D eigenvalue weighted by Crippen LogP contribution is 2.46. The standard InChI is InChI=1S/C50H30/c1-2-14-33-31(13-1)29-47(41-21-6-4-15-35(33)41)42-28-27-34(36-16-3-5-17-37(36)42)32-25-26-43-40-20-9-11-23-45(40)49-44-22-10-7-18-38(44)39-19-8-12-24-46(39)50(49)48(43)30-32/h1-30H. The third-order valence-corrected chi connectivity index (χ3v) is 11.0. The Morgan fingerprint density at radius 3 is 1.16 bits per heavy atom. The van der Waals surface area contributed by atoms with Gasteiger partial charge in [-0.25, -0.2) is 0 Å². The van der Waals surface area contributed by atoms with Crippen molar-refractivity contribution >= 4 is 86.2 Å². The highest BCUT2D eigenvalue weighted by molar-refractivity contribution is 6.39. The lowest BCUT2D eigenvalue weighted by atomic mass is 9.85. The molecule has 0 aliphatic rings. The van der Waals surface area contributed by atoms with E-state index in [0.717, 1.165) is 0 Å². The van der Waals surface area contributed by atoms with Crippen LogP contribution in [0.5, 0.6) is 0 Å². The van der Waals surface area contributed by atoms with Crippen molar-refractivity contribution in [2.45, 2.75) is 0 Å². The van der Waals surface area contributed by atoms with Gasteiger partial charge in [0, 0.05) is 0 Å². The molecule has 0 atom stereocenters. The highest BCUT2D eigenvalue weighted by atomic mass is 14.2. The van der Waals surface area contributed by atoms with Crippen LogP contribution in [-0.4, -0.2) is 0 Å². The Bertz CT molecular complexity index is 3180. The van der Waals surface area contributed by atoms with Crippen LogP contribution in [-0.2, 0) is 0 Å². The lowest BCUT2D eigenvalue weighted by molar-refractivity contribution is 1.67. The first-order chi connectivity index (χ1) is 24.8. The van der Waals surface area contributed by atoms with Gasteiger partial charge in [-0.05, 0) is 121 Å². The molecule has 50 heavy (non-hydrogen) atoms. The summed E-state index contributed by atoms with van der Waals surface area (Å²) in [6.45, 7) is 0. The zero-order valence-electron chi connectivity index (χ0n) is 27.3. The second-order valence-corrected chi connectivity index (χ2v) is 13.5. The van der Waals surface area contributed by atoms with Gasteiger partial charge in [-0.3, -0.25) is 0 Å². The first-order valence-electron chi connectivity index (χ1n) is 17.4.